The molecule has 4 unspecified atom stereocenters. The van der Waals surface area contributed by atoms with E-state index >= 15 is 0 Å². The van der Waals surface area contributed by atoms with E-state index in [-0.39, 0.29) is 35.7 Å². The van der Waals surface area contributed by atoms with Crippen molar-refractivity contribution in [1.29, 1.82) is 0 Å². The molecule has 5 rings (SSSR count). The fourth-order valence-electron chi connectivity index (χ4n) is 5.12. The van der Waals surface area contributed by atoms with Gasteiger partial charge in [-0.2, -0.15) is 26.3 Å². The van der Waals surface area contributed by atoms with Crippen LogP contribution in [0.4, 0.5) is 48.2 Å². The third kappa shape index (κ3) is 5.14. The highest BCUT2D eigenvalue weighted by atomic mass is 19.4. The summed E-state index contributed by atoms with van der Waals surface area (Å²) in [4.78, 5) is 13.9. The molecule has 2 saturated heterocycles. The Kier molecular flexibility index (Phi) is 6.95. The van der Waals surface area contributed by atoms with E-state index < -0.39 is 42.4 Å². The molecular weight excluding hydrogens is 532 g/mol. The third-order valence-corrected chi connectivity index (χ3v) is 7.18. The van der Waals surface area contributed by atoms with E-state index in [1.54, 1.807) is 6.07 Å². The van der Waals surface area contributed by atoms with Gasteiger partial charge in [0.2, 0.25) is 0 Å². The number of halogens is 6. The molecule has 2 aromatic rings. The minimum atomic E-state index is -4.64. The summed E-state index contributed by atoms with van der Waals surface area (Å²) in [5, 5.41) is 10.9. The van der Waals surface area contributed by atoms with Crippen molar-refractivity contribution in [2.24, 2.45) is 0 Å². The third-order valence-electron chi connectivity index (χ3n) is 7.18. The molecule has 212 valence electrons. The maximum absolute atomic E-state index is 13.9. The van der Waals surface area contributed by atoms with Crippen LogP contribution in [0.15, 0.2) is 42.5 Å². The second kappa shape index (κ2) is 9.97. The Hall–Kier alpha value is -3.39. The summed E-state index contributed by atoms with van der Waals surface area (Å²) >= 11 is 0. The SMILES string of the molecule is CN1c2ccc(NC(=O)NC3CCCNC3Oc3ccccc3C3(C(F)(F)F)CCO3)cc2NC1C(F)(F)F. The highest BCUT2D eigenvalue weighted by Gasteiger charge is 2.62. The number of rotatable bonds is 5. The summed E-state index contributed by atoms with van der Waals surface area (Å²) < 4.78 is 92.5. The van der Waals surface area contributed by atoms with Gasteiger partial charge in [-0.1, -0.05) is 18.2 Å². The minimum absolute atomic E-state index is 0.00540. The van der Waals surface area contributed by atoms with Gasteiger partial charge in [-0.15, -0.1) is 0 Å². The summed E-state index contributed by atoms with van der Waals surface area (Å²) in [7, 11) is 1.32. The van der Waals surface area contributed by atoms with Crippen molar-refractivity contribution < 1.29 is 40.6 Å². The van der Waals surface area contributed by atoms with Gasteiger partial charge in [0.1, 0.15) is 5.75 Å². The molecule has 0 saturated carbocycles. The molecule has 4 N–H and O–H groups in total. The summed E-state index contributed by atoms with van der Waals surface area (Å²) in [5.74, 6) is -0.00540. The predicted octanol–water partition coefficient (Wildman–Crippen LogP) is 4.89. The van der Waals surface area contributed by atoms with Crippen molar-refractivity contribution >= 4 is 23.1 Å². The van der Waals surface area contributed by atoms with Gasteiger partial charge >= 0.3 is 18.4 Å². The van der Waals surface area contributed by atoms with Crippen LogP contribution >= 0.6 is 0 Å². The number of alkyl halides is 6. The van der Waals surface area contributed by atoms with E-state index in [0.717, 1.165) is 4.90 Å². The number of amides is 2. The number of hydrogen-bond acceptors (Lipinski definition) is 6. The van der Waals surface area contributed by atoms with E-state index in [0.29, 0.717) is 25.1 Å². The lowest BCUT2D eigenvalue weighted by atomic mass is 9.85. The van der Waals surface area contributed by atoms with Crippen LogP contribution in [0.1, 0.15) is 24.8 Å². The Balaban J connectivity index is 1.27. The van der Waals surface area contributed by atoms with Crippen LogP contribution < -0.4 is 30.9 Å². The first-order chi connectivity index (χ1) is 18.4. The normalized spacial score (nSPS) is 26.7. The summed E-state index contributed by atoms with van der Waals surface area (Å²) in [6.45, 7) is 0.503. The van der Waals surface area contributed by atoms with Crippen LogP contribution in [0, 0.1) is 0 Å². The van der Waals surface area contributed by atoms with Crippen molar-refractivity contribution in [1.82, 2.24) is 10.6 Å². The lowest BCUT2D eigenvalue weighted by Gasteiger charge is -2.44. The Morgan fingerprint density at radius 1 is 1.15 bits per heavy atom. The zero-order valence-corrected chi connectivity index (χ0v) is 20.7. The monoisotopic (exact) mass is 559 g/mol. The summed E-state index contributed by atoms with van der Waals surface area (Å²) in [6.07, 6.45) is -10.9. The van der Waals surface area contributed by atoms with Crippen LogP contribution in [0.2, 0.25) is 0 Å². The highest BCUT2D eigenvalue weighted by Crippen LogP contribution is 2.52. The van der Waals surface area contributed by atoms with Gasteiger partial charge in [0.05, 0.1) is 24.0 Å². The Bertz CT molecular complexity index is 1220. The zero-order chi connectivity index (χ0) is 28.0. The number of carbonyl (C=O) groups excluding carboxylic acids is 1. The molecule has 4 atom stereocenters. The van der Waals surface area contributed by atoms with Crippen LogP contribution in [0.5, 0.6) is 5.75 Å². The largest absolute Gasteiger partial charge is 0.473 e. The fraction of sp³-hybridized carbons (Fsp3) is 0.480. The molecular formula is C25H27F6N5O3. The van der Waals surface area contributed by atoms with Crippen molar-refractivity contribution in [3.8, 4) is 5.75 Å². The average molecular weight is 560 g/mol. The van der Waals surface area contributed by atoms with Gasteiger partial charge in [0, 0.05) is 24.7 Å². The molecule has 3 aliphatic rings. The smallest absolute Gasteiger partial charge is 0.427 e. The lowest BCUT2D eigenvalue weighted by Crippen LogP contribution is -2.57. The number of fused-ring (bicyclic) bond motifs is 1. The van der Waals surface area contributed by atoms with E-state index in [2.05, 4.69) is 21.3 Å². The molecule has 0 aliphatic carbocycles. The molecule has 39 heavy (non-hydrogen) atoms. The van der Waals surface area contributed by atoms with Crippen LogP contribution in [0.25, 0.3) is 0 Å². The molecule has 2 fully saturated rings. The molecule has 0 aromatic heterocycles. The van der Waals surface area contributed by atoms with Crippen molar-refractivity contribution in [3.05, 3.63) is 48.0 Å². The fourth-order valence-corrected chi connectivity index (χ4v) is 5.12. The zero-order valence-electron chi connectivity index (χ0n) is 20.7. The van der Waals surface area contributed by atoms with Gasteiger partial charge in [0.15, 0.2) is 18.0 Å². The number of para-hydroxylation sites is 1. The maximum Gasteiger partial charge on any atom is 0.427 e. The minimum Gasteiger partial charge on any atom is -0.473 e. The topological polar surface area (TPSA) is 86.9 Å². The quantitative estimate of drug-likeness (QED) is 0.391. The van der Waals surface area contributed by atoms with Crippen molar-refractivity contribution in [2.75, 3.05) is 35.7 Å². The molecule has 8 nitrogen and oxygen atoms in total. The van der Waals surface area contributed by atoms with Gasteiger partial charge in [0.25, 0.3) is 0 Å². The Morgan fingerprint density at radius 3 is 2.56 bits per heavy atom. The van der Waals surface area contributed by atoms with Crippen molar-refractivity contribution in [3.63, 3.8) is 0 Å². The number of carbonyl (C=O) groups is 1. The Morgan fingerprint density at radius 2 is 1.90 bits per heavy atom. The molecule has 0 radical (unpaired) electrons. The van der Waals surface area contributed by atoms with Crippen LogP contribution in [-0.4, -0.2) is 57.0 Å². The number of anilines is 3. The molecule has 2 amide bonds. The number of hydrogen-bond donors (Lipinski definition) is 4. The predicted molar refractivity (Wildman–Crippen MR) is 131 cm³/mol. The summed E-state index contributed by atoms with van der Waals surface area (Å²) in [5.41, 5.74) is -1.77. The van der Waals surface area contributed by atoms with Crippen LogP contribution in [-0.2, 0) is 10.3 Å². The van der Waals surface area contributed by atoms with Crippen molar-refractivity contribution in [2.45, 2.75) is 55.7 Å². The molecule has 0 spiro atoms. The molecule has 0 bridgehead atoms. The standard InChI is InChI=1S/C25H27F6N5O3/c1-36-18-9-8-14(13-17(18)34-21(36)24(26,27)28)33-22(37)35-16-6-4-11-32-20(16)39-19-7-3-2-5-15(19)23(10-12-38-23)25(29,30)31/h2-3,5,7-9,13,16,20-21,32,34H,4,6,10-12H2,1H3,(H2,33,35,37). The molecule has 3 aliphatic heterocycles. The Labute approximate surface area is 220 Å². The number of piperidine rings is 1. The first kappa shape index (κ1) is 27.2. The van der Waals surface area contributed by atoms with Gasteiger partial charge in [-0.05, 0) is 43.7 Å². The van der Waals surface area contributed by atoms with Gasteiger partial charge < -0.3 is 30.3 Å². The second-order valence-electron chi connectivity index (χ2n) is 9.69. The van der Waals surface area contributed by atoms with Crippen LogP contribution in [0.3, 0.4) is 0 Å². The van der Waals surface area contributed by atoms with E-state index in [1.165, 1.54) is 43.4 Å². The number of ether oxygens (including phenoxy) is 2. The highest BCUT2D eigenvalue weighted by molar-refractivity contribution is 5.91. The van der Waals surface area contributed by atoms with E-state index in [4.69, 9.17) is 9.47 Å². The molecule has 14 heteroatoms. The van der Waals surface area contributed by atoms with Gasteiger partial charge in [-0.25, -0.2) is 4.79 Å². The maximum atomic E-state index is 13.9. The second-order valence-corrected chi connectivity index (χ2v) is 9.69. The van der Waals surface area contributed by atoms with E-state index in [9.17, 15) is 31.1 Å². The molecule has 3 heterocycles. The number of nitrogens with zero attached hydrogens (tertiary/aromatic N) is 1. The first-order valence-electron chi connectivity index (χ1n) is 12.4. The number of nitrogens with one attached hydrogen (secondary N) is 4. The first-order valence-corrected chi connectivity index (χ1v) is 12.4. The molecule has 2 aromatic carbocycles. The number of urea groups is 1. The van der Waals surface area contributed by atoms with Gasteiger partial charge in [-0.3, -0.25) is 5.32 Å². The van der Waals surface area contributed by atoms with E-state index in [1.807, 2.05) is 0 Å². The lowest BCUT2D eigenvalue weighted by molar-refractivity contribution is -0.334. The number of benzene rings is 2. The average Bonchev–Trinajstić information content (AvgIpc) is 3.16. The summed E-state index contributed by atoms with van der Waals surface area (Å²) in [6, 6.07) is 8.89.